The first-order chi connectivity index (χ1) is 11.3. The van der Waals surface area contributed by atoms with E-state index in [9.17, 15) is 9.18 Å². The maximum Gasteiger partial charge on any atom is 0.254 e. The van der Waals surface area contributed by atoms with Gasteiger partial charge in [-0.1, -0.05) is 51.4 Å². The molecule has 0 bridgehead atoms. The van der Waals surface area contributed by atoms with E-state index in [2.05, 4.69) is 10.3 Å². The lowest BCUT2D eigenvalue weighted by atomic mass is 10.1. The molecule has 5 heteroatoms. The number of amides is 1. The number of nitrogen functional groups attached to an aromatic ring is 1. The Balaban J connectivity index is 1.92. The van der Waals surface area contributed by atoms with Crippen LogP contribution in [0.15, 0.2) is 18.5 Å². The number of unbranched alkanes of at least 4 members (excludes halogenated alkanes) is 9. The van der Waals surface area contributed by atoms with Gasteiger partial charge < -0.3 is 11.1 Å². The predicted octanol–water partition coefficient (Wildman–Crippen LogP) is 4.26. The fourth-order valence-corrected chi connectivity index (χ4v) is 2.53. The Bertz CT molecular complexity index is 440. The van der Waals surface area contributed by atoms with E-state index in [1.807, 2.05) is 0 Å². The molecule has 0 radical (unpaired) electrons. The van der Waals surface area contributed by atoms with Crippen molar-refractivity contribution >= 4 is 11.6 Å². The van der Waals surface area contributed by atoms with Crippen molar-refractivity contribution in [1.82, 2.24) is 10.3 Å². The van der Waals surface area contributed by atoms with Crippen molar-refractivity contribution in [2.75, 3.05) is 19.0 Å². The Morgan fingerprint density at radius 3 is 2.13 bits per heavy atom. The molecule has 0 aliphatic carbocycles. The summed E-state index contributed by atoms with van der Waals surface area (Å²) >= 11 is 0. The SMILES string of the molecule is Nc1ccncc1C(=O)NCCCCCCCCCCCCF. The van der Waals surface area contributed by atoms with Crippen LogP contribution in [-0.2, 0) is 0 Å². The van der Waals surface area contributed by atoms with Gasteiger partial charge in [-0.15, -0.1) is 0 Å². The Hall–Kier alpha value is -1.65. The highest BCUT2D eigenvalue weighted by molar-refractivity contribution is 5.98. The molecule has 1 aromatic heterocycles. The molecular weight excluding hydrogens is 293 g/mol. The average molecular weight is 323 g/mol. The maximum absolute atomic E-state index is 11.9. The second-order valence-electron chi connectivity index (χ2n) is 5.94. The largest absolute Gasteiger partial charge is 0.398 e. The highest BCUT2D eigenvalue weighted by Crippen LogP contribution is 2.11. The minimum Gasteiger partial charge on any atom is -0.398 e. The van der Waals surface area contributed by atoms with Crippen LogP contribution in [0.4, 0.5) is 10.1 Å². The summed E-state index contributed by atoms with van der Waals surface area (Å²) in [5.41, 5.74) is 6.65. The number of nitrogens with two attached hydrogens (primary N) is 1. The highest BCUT2D eigenvalue weighted by Gasteiger charge is 2.08. The normalized spacial score (nSPS) is 10.7. The number of nitrogens with zero attached hydrogens (tertiary/aromatic N) is 1. The monoisotopic (exact) mass is 323 g/mol. The first-order valence-electron chi connectivity index (χ1n) is 8.79. The average Bonchev–Trinajstić information content (AvgIpc) is 2.56. The molecule has 130 valence electrons. The van der Waals surface area contributed by atoms with Gasteiger partial charge in [-0.25, -0.2) is 0 Å². The van der Waals surface area contributed by atoms with Gasteiger partial charge in [0.15, 0.2) is 0 Å². The standard InChI is InChI=1S/C18H30FN3O/c19-12-9-7-5-3-1-2-4-6-8-10-13-22-18(23)16-15-21-14-11-17(16)20/h11,14-15H,1-10,12-13H2,(H2,20,21)(H,22,23). The first kappa shape index (κ1) is 19.4. The quantitative estimate of drug-likeness (QED) is 0.533. The summed E-state index contributed by atoms with van der Waals surface area (Å²) in [6, 6.07) is 1.63. The molecule has 0 spiro atoms. The third-order valence-corrected chi connectivity index (χ3v) is 3.95. The van der Waals surface area contributed by atoms with E-state index in [0.29, 0.717) is 17.8 Å². The van der Waals surface area contributed by atoms with Crippen LogP contribution < -0.4 is 11.1 Å². The summed E-state index contributed by atoms with van der Waals surface area (Å²) in [6.07, 6.45) is 14.3. The highest BCUT2D eigenvalue weighted by atomic mass is 19.1. The van der Waals surface area contributed by atoms with Crippen molar-refractivity contribution < 1.29 is 9.18 Å². The molecule has 0 fully saturated rings. The van der Waals surface area contributed by atoms with Gasteiger partial charge >= 0.3 is 0 Å². The van der Waals surface area contributed by atoms with E-state index in [4.69, 9.17) is 5.73 Å². The van der Waals surface area contributed by atoms with Gasteiger partial charge in [0.1, 0.15) is 0 Å². The van der Waals surface area contributed by atoms with Crippen molar-refractivity contribution in [3.8, 4) is 0 Å². The van der Waals surface area contributed by atoms with Crippen molar-refractivity contribution in [3.63, 3.8) is 0 Å². The summed E-state index contributed by atoms with van der Waals surface area (Å²) in [5.74, 6) is -0.149. The molecule has 3 N–H and O–H groups in total. The molecule has 1 aromatic rings. The maximum atomic E-state index is 11.9. The predicted molar refractivity (Wildman–Crippen MR) is 93.1 cm³/mol. The molecule has 0 aliphatic rings. The van der Waals surface area contributed by atoms with Crippen LogP contribution >= 0.6 is 0 Å². The minimum absolute atomic E-state index is 0.149. The number of pyridine rings is 1. The molecule has 23 heavy (non-hydrogen) atoms. The lowest BCUT2D eigenvalue weighted by molar-refractivity contribution is 0.0953. The summed E-state index contributed by atoms with van der Waals surface area (Å²) in [6.45, 7) is 0.500. The summed E-state index contributed by atoms with van der Waals surface area (Å²) in [7, 11) is 0. The molecule has 1 amide bonds. The molecular formula is C18H30FN3O. The summed E-state index contributed by atoms with van der Waals surface area (Å²) in [4.78, 5) is 15.8. The van der Waals surface area contributed by atoms with Crippen LogP contribution in [0.25, 0.3) is 0 Å². The van der Waals surface area contributed by atoms with Crippen molar-refractivity contribution in [3.05, 3.63) is 24.0 Å². The van der Waals surface area contributed by atoms with Crippen LogP contribution in [-0.4, -0.2) is 24.1 Å². The number of alkyl halides is 1. The molecule has 0 unspecified atom stereocenters. The van der Waals surface area contributed by atoms with E-state index in [1.165, 1.54) is 38.3 Å². The van der Waals surface area contributed by atoms with Crippen LogP contribution in [0, 0.1) is 0 Å². The molecule has 0 aromatic carbocycles. The zero-order chi connectivity index (χ0) is 16.8. The molecule has 0 atom stereocenters. The van der Waals surface area contributed by atoms with E-state index in [1.54, 1.807) is 12.3 Å². The summed E-state index contributed by atoms with van der Waals surface area (Å²) < 4.78 is 11.9. The third-order valence-electron chi connectivity index (χ3n) is 3.95. The van der Waals surface area contributed by atoms with Gasteiger partial charge in [-0.05, 0) is 18.9 Å². The number of carbonyl (C=O) groups is 1. The fraction of sp³-hybridized carbons (Fsp3) is 0.667. The van der Waals surface area contributed by atoms with E-state index >= 15 is 0 Å². The smallest absolute Gasteiger partial charge is 0.254 e. The number of hydrogen-bond donors (Lipinski definition) is 2. The second kappa shape index (κ2) is 12.9. The van der Waals surface area contributed by atoms with Crippen LogP contribution in [0.2, 0.25) is 0 Å². The number of hydrogen-bond acceptors (Lipinski definition) is 3. The molecule has 0 saturated heterocycles. The van der Waals surface area contributed by atoms with E-state index < -0.39 is 0 Å². The van der Waals surface area contributed by atoms with Crippen LogP contribution in [0.1, 0.15) is 74.6 Å². The van der Waals surface area contributed by atoms with Gasteiger partial charge in [0.2, 0.25) is 0 Å². The number of carbonyl (C=O) groups excluding carboxylic acids is 1. The van der Waals surface area contributed by atoms with Gasteiger partial charge in [0, 0.05) is 24.6 Å². The minimum atomic E-state index is -0.177. The van der Waals surface area contributed by atoms with E-state index in [-0.39, 0.29) is 12.6 Å². The fourth-order valence-electron chi connectivity index (χ4n) is 2.53. The number of nitrogens with one attached hydrogen (secondary N) is 1. The number of rotatable bonds is 13. The third kappa shape index (κ3) is 9.16. The molecule has 1 rings (SSSR count). The van der Waals surface area contributed by atoms with Crippen LogP contribution in [0.3, 0.4) is 0 Å². The number of halogens is 1. The van der Waals surface area contributed by atoms with Gasteiger partial charge in [-0.2, -0.15) is 0 Å². The molecule has 0 aliphatic heterocycles. The Labute approximate surface area is 139 Å². The van der Waals surface area contributed by atoms with Crippen LogP contribution in [0.5, 0.6) is 0 Å². The number of aromatic nitrogens is 1. The lowest BCUT2D eigenvalue weighted by Gasteiger charge is -2.07. The zero-order valence-electron chi connectivity index (χ0n) is 14.0. The van der Waals surface area contributed by atoms with E-state index in [0.717, 1.165) is 32.1 Å². The molecule has 0 saturated carbocycles. The molecule has 4 nitrogen and oxygen atoms in total. The van der Waals surface area contributed by atoms with Gasteiger partial charge in [0.25, 0.3) is 5.91 Å². The molecule has 1 heterocycles. The Morgan fingerprint density at radius 1 is 1.00 bits per heavy atom. The second-order valence-corrected chi connectivity index (χ2v) is 5.94. The summed E-state index contributed by atoms with van der Waals surface area (Å²) in [5, 5.41) is 2.88. The first-order valence-corrected chi connectivity index (χ1v) is 8.79. The van der Waals surface area contributed by atoms with Crippen molar-refractivity contribution in [2.45, 2.75) is 64.2 Å². The van der Waals surface area contributed by atoms with Crippen molar-refractivity contribution in [2.24, 2.45) is 0 Å². The Morgan fingerprint density at radius 2 is 1.57 bits per heavy atom. The lowest BCUT2D eigenvalue weighted by Crippen LogP contribution is -2.25. The zero-order valence-corrected chi connectivity index (χ0v) is 14.0. The van der Waals surface area contributed by atoms with Gasteiger partial charge in [0.05, 0.1) is 12.2 Å². The Kier molecular flexibility index (Phi) is 10.8. The topological polar surface area (TPSA) is 68.0 Å². The van der Waals surface area contributed by atoms with Gasteiger partial charge in [-0.3, -0.25) is 14.2 Å². The van der Waals surface area contributed by atoms with Crippen molar-refractivity contribution in [1.29, 1.82) is 0 Å². The number of anilines is 1.